The van der Waals surface area contributed by atoms with Gasteiger partial charge in [0.1, 0.15) is 29.8 Å². The van der Waals surface area contributed by atoms with Crippen molar-refractivity contribution in [3.8, 4) is 23.0 Å². The number of nitrogens with one attached hydrogen (secondary N) is 2. The standard InChI is InChI=1S/C39H41ClN2O8/c1-5-48-30-17-11-9-15-27(30)41-37(44)35-29(43)22-39(3,46)36(38(45)42-28-16-10-12-18-31(28)49-6-2)34(35)24-19-20-32(33(21-24)47-4)50-23-25-13-7-8-14-26(25)40/h7-21,34-36,46H,5-6,22-23H2,1-4H3,(H,41,44)(H,42,45). The molecule has 0 aliphatic heterocycles. The number of ketones is 1. The van der Waals surface area contributed by atoms with Crippen LogP contribution in [0, 0.1) is 11.8 Å². The highest BCUT2D eigenvalue weighted by atomic mass is 35.5. The molecular weight excluding hydrogens is 660 g/mol. The van der Waals surface area contributed by atoms with Crippen molar-refractivity contribution in [3.63, 3.8) is 0 Å². The number of methoxy groups -OCH3 is 1. The van der Waals surface area contributed by atoms with E-state index < -0.39 is 47.4 Å². The van der Waals surface area contributed by atoms with Gasteiger partial charge in [-0.1, -0.05) is 60.1 Å². The molecule has 0 aromatic heterocycles. The minimum absolute atomic E-state index is 0.153. The van der Waals surface area contributed by atoms with Gasteiger partial charge in [0.2, 0.25) is 11.8 Å². The summed E-state index contributed by atoms with van der Waals surface area (Å²) in [6, 6.07) is 26.1. The Kier molecular flexibility index (Phi) is 11.7. The molecule has 0 saturated heterocycles. The maximum atomic E-state index is 14.4. The topological polar surface area (TPSA) is 132 Å². The van der Waals surface area contributed by atoms with E-state index in [9.17, 15) is 19.5 Å². The molecule has 4 aromatic carbocycles. The number of aliphatic hydroxyl groups is 1. The van der Waals surface area contributed by atoms with Crippen molar-refractivity contribution in [3.05, 3.63) is 107 Å². The minimum atomic E-state index is -1.83. The highest BCUT2D eigenvalue weighted by Crippen LogP contribution is 2.48. The smallest absolute Gasteiger partial charge is 0.235 e. The largest absolute Gasteiger partial charge is 0.493 e. The third-order valence-electron chi connectivity index (χ3n) is 8.64. The van der Waals surface area contributed by atoms with E-state index in [-0.39, 0.29) is 6.61 Å². The summed E-state index contributed by atoms with van der Waals surface area (Å²) in [5.74, 6) is -3.99. The van der Waals surface area contributed by atoms with Crippen LogP contribution in [0.2, 0.25) is 5.02 Å². The van der Waals surface area contributed by atoms with Crippen molar-refractivity contribution in [1.82, 2.24) is 0 Å². The number of para-hydroxylation sites is 4. The summed E-state index contributed by atoms with van der Waals surface area (Å²) in [4.78, 5) is 42.5. The Labute approximate surface area is 296 Å². The summed E-state index contributed by atoms with van der Waals surface area (Å²) in [6.07, 6.45) is -0.434. The monoisotopic (exact) mass is 700 g/mol. The number of rotatable bonds is 13. The lowest BCUT2D eigenvalue weighted by molar-refractivity contribution is -0.150. The van der Waals surface area contributed by atoms with Crippen molar-refractivity contribution in [1.29, 1.82) is 0 Å². The van der Waals surface area contributed by atoms with Crippen LogP contribution in [-0.4, -0.2) is 48.6 Å². The lowest BCUT2D eigenvalue weighted by atomic mass is 9.61. The summed E-state index contributed by atoms with van der Waals surface area (Å²) in [5, 5.41) is 18.1. The maximum absolute atomic E-state index is 14.4. The Balaban J connectivity index is 1.57. The number of anilines is 2. The zero-order valence-corrected chi connectivity index (χ0v) is 29.2. The minimum Gasteiger partial charge on any atom is -0.493 e. The first-order valence-corrected chi connectivity index (χ1v) is 16.8. The number of carbonyl (C=O) groups excluding carboxylic acids is 3. The Morgan fingerprint density at radius 3 is 1.98 bits per heavy atom. The molecule has 5 rings (SSSR count). The fourth-order valence-corrected chi connectivity index (χ4v) is 6.59. The maximum Gasteiger partial charge on any atom is 0.235 e. The van der Waals surface area contributed by atoms with Crippen LogP contribution >= 0.6 is 11.6 Å². The zero-order valence-electron chi connectivity index (χ0n) is 28.4. The van der Waals surface area contributed by atoms with Gasteiger partial charge in [0, 0.05) is 22.9 Å². The Morgan fingerprint density at radius 1 is 0.800 bits per heavy atom. The van der Waals surface area contributed by atoms with Gasteiger partial charge >= 0.3 is 0 Å². The van der Waals surface area contributed by atoms with E-state index in [0.717, 1.165) is 5.56 Å². The van der Waals surface area contributed by atoms with E-state index in [4.69, 9.17) is 30.5 Å². The predicted octanol–water partition coefficient (Wildman–Crippen LogP) is 7.04. The van der Waals surface area contributed by atoms with Crippen molar-refractivity contribution in [2.24, 2.45) is 11.8 Å². The summed E-state index contributed by atoms with van der Waals surface area (Å²) in [6.45, 7) is 5.96. The molecule has 0 heterocycles. The lowest BCUT2D eigenvalue weighted by Crippen LogP contribution is -2.56. The van der Waals surface area contributed by atoms with Crippen LogP contribution in [0.5, 0.6) is 23.0 Å². The Morgan fingerprint density at radius 2 is 1.38 bits per heavy atom. The van der Waals surface area contributed by atoms with Crippen LogP contribution in [0.3, 0.4) is 0 Å². The van der Waals surface area contributed by atoms with Crippen molar-refractivity contribution < 1.29 is 38.4 Å². The van der Waals surface area contributed by atoms with Crippen LogP contribution < -0.4 is 29.6 Å². The Bertz CT molecular complexity index is 1840. The Hall–Kier alpha value is -5.06. The van der Waals surface area contributed by atoms with Crippen LogP contribution in [-0.2, 0) is 21.0 Å². The molecule has 262 valence electrons. The lowest BCUT2D eigenvalue weighted by Gasteiger charge is -2.44. The molecule has 1 aliphatic carbocycles. The summed E-state index contributed by atoms with van der Waals surface area (Å²) < 4.78 is 23.2. The number of hydrogen-bond donors (Lipinski definition) is 3. The van der Waals surface area contributed by atoms with Gasteiger partial charge in [-0.3, -0.25) is 14.4 Å². The molecule has 1 aliphatic rings. The second-order valence-electron chi connectivity index (χ2n) is 12.1. The number of ether oxygens (including phenoxy) is 4. The number of hydrogen-bond acceptors (Lipinski definition) is 8. The second-order valence-corrected chi connectivity index (χ2v) is 12.5. The van der Waals surface area contributed by atoms with E-state index in [1.54, 1.807) is 72.8 Å². The number of halogens is 1. The second kappa shape index (κ2) is 16.1. The first-order valence-electron chi connectivity index (χ1n) is 16.4. The van der Waals surface area contributed by atoms with Gasteiger partial charge in [0.15, 0.2) is 11.5 Å². The molecule has 1 fully saturated rings. The van der Waals surface area contributed by atoms with E-state index in [0.29, 0.717) is 58.2 Å². The zero-order chi connectivity index (χ0) is 35.8. The van der Waals surface area contributed by atoms with E-state index in [2.05, 4.69) is 10.6 Å². The number of Topliss-reactive ketones (excluding diaryl/α,β-unsaturated/α-hetero) is 1. The number of benzene rings is 4. The van der Waals surface area contributed by atoms with Crippen molar-refractivity contribution >= 4 is 40.6 Å². The highest BCUT2D eigenvalue weighted by Gasteiger charge is 2.56. The highest BCUT2D eigenvalue weighted by molar-refractivity contribution is 6.31. The summed E-state index contributed by atoms with van der Waals surface area (Å²) in [5.41, 5.74) is 0.104. The van der Waals surface area contributed by atoms with Gasteiger partial charge in [-0.05, 0) is 68.8 Å². The van der Waals surface area contributed by atoms with Gasteiger partial charge in [-0.2, -0.15) is 0 Å². The van der Waals surface area contributed by atoms with Gasteiger partial charge < -0.3 is 34.7 Å². The molecule has 11 heteroatoms. The molecule has 0 radical (unpaired) electrons. The van der Waals surface area contributed by atoms with Gasteiger partial charge in [0.25, 0.3) is 0 Å². The SMILES string of the molecule is CCOc1ccccc1NC(=O)C1C(=O)CC(C)(O)C(C(=O)Nc2ccccc2OCC)C1c1ccc(OCc2ccccc2Cl)c(OC)c1. The molecule has 3 N–H and O–H groups in total. The predicted molar refractivity (Wildman–Crippen MR) is 191 cm³/mol. The number of amides is 2. The summed E-state index contributed by atoms with van der Waals surface area (Å²) >= 11 is 6.33. The quantitative estimate of drug-likeness (QED) is 0.127. The summed E-state index contributed by atoms with van der Waals surface area (Å²) in [7, 11) is 1.47. The van der Waals surface area contributed by atoms with Crippen molar-refractivity contribution in [2.45, 2.75) is 45.3 Å². The molecule has 10 nitrogen and oxygen atoms in total. The number of carbonyl (C=O) groups is 3. The van der Waals surface area contributed by atoms with E-state index in [1.165, 1.54) is 14.0 Å². The van der Waals surface area contributed by atoms with Gasteiger partial charge in [-0.25, -0.2) is 0 Å². The third kappa shape index (κ3) is 8.04. The molecule has 4 unspecified atom stereocenters. The van der Waals surface area contributed by atoms with Crippen molar-refractivity contribution in [2.75, 3.05) is 31.0 Å². The van der Waals surface area contributed by atoms with Crippen LogP contribution in [0.4, 0.5) is 11.4 Å². The van der Waals surface area contributed by atoms with Gasteiger partial charge in [-0.15, -0.1) is 0 Å². The third-order valence-corrected chi connectivity index (χ3v) is 9.00. The first-order chi connectivity index (χ1) is 24.1. The molecule has 0 spiro atoms. The molecule has 50 heavy (non-hydrogen) atoms. The molecule has 4 atom stereocenters. The van der Waals surface area contributed by atoms with Crippen LogP contribution in [0.15, 0.2) is 91.0 Å². The molecule has 4 aromatic rings. The fraction of sp³-hybridized carbons (Fsp3) is 0.308. The molecule has 0 bridgehead atoms. The van der Waals surface area contributed by atoms with Gasteiger partial charge in [0.05, 0.1) is 43.2 Å². The normalized spacial score (nSPS) is 20.0. The average Bonchev–Trinajstić information content (AvgIpc) is 3.09. The van der Waals surface area contributed by atoms with Crippen LogP contribution in [0.25, 0.3) is 0 Å². The molecule has 1 saturated carbocycles. The molecular formula is C39H41ClN2O8. The fourth-order valence-electron chi connectivity index (χ4n) is 6.40. The van der Waals surface area contributed by atoms with E-state index in [1.807, 2.05) is 32.0 Å². The van der Waals surface area contributed by atoms with E-state index >= 15 is 0 Å². The average molecular weight is 701 g/mol. The first kappa shape index (κ1) is 36.2. The molecule has 2 amide bonds. The van der Waals surface area contributed by atoms with Crippen LogP contribution in [0.1, 0.15) is 44.2 Å².